The Morgan fingerprint density at radius 3 is 2.56 bits per heavy atom. The van der Waals surface area contributed by atoms with Crippen molar-refractivity contribution in [3.8, 4) is 0 Å². The van der Waals surface area contributed by atoms with Gasteiger partial charge in [0.1, 0.15) is 4.58 Å². The summed E-state index contributed by atoms with van der Waals surface area (Å²) in [4.78, 5) is 0. The lowest BCUT2D eigenvalue weighted by Crippen LogP contribution is -2.25. The first kappa shape index (κ1) is 14.8. The molecule has 0 bridgehead atoms. The standard InChI is InChI=1S/C10H18O2S4/c1-5-6-15(11)10-8(3)7(2)9(14-13-4)16(10)12/h5,7-10H,1,6H2,2-4H3/t7-,8-,9-,10+,15?,16?/m0/s1. The minimum absolute atomic E-state index is 0.115. The highest BCUT2D eigenvalue weighted by atomic mass is 33.1. The Labute approximate surface area is 111 Å². The smallest absolute Gasteiger partial charge is 0.114 e. The van der Waals surface area contributed by atoms with Crippen molar-refractivity contribution < 1.29 is 8.42 Å². The second-order valence-electron chi connectivity index (χ2n) is 3.88. The van der Waals surface area contributed by atoms with Gasteiger partial charge in [-0.15, -0.1) is 6.58 Å². The lowest BCUT2D eigenvalue weighted by atomic mass is 10.0. The van der Waals surface area contributed by atoms with E-state index in [2.05, 4.69) is 20.4 Å². The van der Waals surface area contributed by atoms with E-state index in [4.69, 9.17) is 0 Å². The van der Waals surface area contributed by atoms with Crippen molar-refractivity contribution in [2.45, 2.75) is 23.0 Å². The van der Waals surface area contributed by atoms with Gasteiger partial charge in [-0.2, -0.15) is 0 Å². The van der Waals surface area contributed by atoms with Crippen molar-refractivity contribution in [1.29, 1.82) is 0 Å². The SMILES string of the molecule is C=CCS(=O)[C@H]1[C@@H](C)[C@H](C)[C@@H](SSC)S1=O. The van der Waals surface area contributed by atoms with Gasteiger partial charge in [-0.3, -0.25) is 8.42 Å². The van der Waals surface area contributed by atoms with Crippen LogP contribution in [0, 0.1) is 11.8 Å². The summed E-state index contributed by atoms with van der Waals surface area (Å²) in [6.07, 6.45) is 3.65. The predicted molar refractivity (Wildman–Crippen MR) is 78.4 cm³/mol. The molecule has 94 valence electrons. The van der Waals surface area contributed by atoms with Crippen molar-refractivity contribution in [2.24, 2.45) is 11.8 Å². The zero-order valence-corrected chi connectivity index (χ0v) is 13.0. The highest BCUT2D eigenvalue weighted by Crippen LogP contribution is 2.45. The molecule has 0 aliphatic carbocycles. The lowest BCUT2D eigenvalue weighted by Gasteiger charge is -2.15. The van der Waals surface area contributed by atoms with Crippen LogP contribution in [0.4, 0.5) is 0 Å². The Bertz CT molecular complexity index is 305. The zero-order valence-electron chi connectivity index (χ0n) is 9.75. The van der Waals surface area contributed by atoms with Crippen LogP contribution < -0.4 is 0 Å². The summed E-state index contributed by atoms with van der Waals surface area (Å²) in [6.45, 7) is 7.77. The van der Waals surface area contributed by atoms with Crippen molar-refractivity contribution in [3.63, 3.8) is 0 Å². The maximum absolute atomic E-state index is 12.3. The third kappa shape index (κ3) is 2.94. The Hall–Kier alpha value is 0.740. The minimum Gasteiger partial charge on any atom is -0.258 e. The van der Waals surface area contributed by atoms with Gasteiger partial charge >= 0.3 is 0 Å². The Kier molecular flexibility index (Phi) is 6.12. The van der Waals surface area contributed by atoms with Crippen LogP contribution in [0.15, 0.2) is 12.7 Å². The molecule has 0 N–H and O–H groups in total. The summed E-state index contributed by atoms with van der Waals surface area (Å²) in [7, 11) is 1.26. The molecule has 2 nitrogen and oxygen atoms in total. The molecule has 1 aliphatic heterocycles. The molecule has 1 rings (SSSR count). The van der Waals surface area contributed by atoms with Gasteiger partial charge in [0, 0.05) is 16.6 Å². The second-order valence-corrected chi connectivity index (χ2v) is 10.4. The lowest BCUT2D eigenvalue weighted by molar-refractivity contribution is 0.465. The molecular formula is C10H18O2S4. The van der Waals surface area contributed by atoms with E-state index >= 15 is 0 Å². The molecule has 0 aromatic carbocycles. The molecule has 1 fully saturated rings. The van der Waals surface area contributed by atoms with Crippen molar-refractivity contribution in [1.82, 2.24) is 0 Å². The van der Waals surface area contributed by atoms with Gasteiger partial charge in [-0.1, -0.05) is 41.5 Å². The molecule has 0 amide bonds. The molecule has 1 aliphatic rings. The molecule has 1 saturated heterocycles. The fourth-order valence-corrected chi connectivity index (χ4v) is 10.0. The normalized spacial score (nSPS) is 40.8. The van der Waals surface area contributed by atoms with E-state index in [1.165, 1.54) is 0 Å². The van der Waals surface area contributed by atoms with Gasteiger partial charge in [0.2, 0.25) is 0 Å². The van der Waals surface area contributed by atoms with Crippen LogP contribution in [0.5, 0.6) is 0 Å². The number of rotatable bonds is 5. The molecule has 6 atom stereocenters. The average molecular weight is 299 g/mol. The van der Waals surface area contributed by atoms with Crippen LogP contribution in [-0.2, 0) is 21.6 Å². The monoisotopic (exact) mass is 298 g/mol. The highest BCUT2D eigenvalue weighted by Gasteiger charge is 2.47. The Balaban J connectivity index is 2.84. The zero-order chi connectivity index (χ0) is 12.3. The summed E-state index contributed by atoms with van der Waals surface area (Å²) in [6, 6.07) is 0. The number of hydrogen-bond donors (Lipinski definition) is 0. The van der Waals surface area contributed by atoms with E-state index in [0.29, 0.717) is 11.7 Å². The maximum atomic E-state index is 12.3. The molecule has 1 heterocycles. The van der Waals surface area contributed by atoms with Gasteiger partial charge < -0.3 is 0 Å². The molecule has 2 unspecified atom stereocenters. The summed E-state index contributed by atoms with van der Waals surface area (Å²) >= 11 is 0. The number of hydrogen-bond acceptors (Lipinski definition) is 4. The maximum Gasteiger partial charge on any atom is 0.114 e. The van der Waals surface area contributed by atoms with E-state index in [1.54, 1.807) is 27.7 Å². The molecule has 0 spiro atoms. The van der Waals surface area contributed by atoms with Gasteiger partial charge in [-0.05, 0) is 18.1 Å². The van der Waals surface area contributed by atoms with Crippen LogP contribution >= 0.6 is 21.6 Å². The van der Waals surface area contributed by atoms with Crippen LogP contribution in [-0.4, -0.2) is 29.6 Å². The van der Waals surface area contributed by atoms with Crippen LogP contribution in [0.25, 0.3) is 0 Å². The summed E-state index contributed by atoms with van der Waals surface area (Å²) < 4.78 is 24.2. The fourth-order valence-electron chi connectivity index (χ4n) is 1.83. The Morgan fingerprint density at radius 2 is 2.06 bits per heavy atom. The molecule has 6 heteroatoms. The first-order valence-electron chi connectivity index (χ1n) is 5.11. The molecule has 0 aromatic rings. The molecule has 16 heavy (non-hydrogen) atoms. The van der Waals surface area contributed by atoms with Crippen LogP contribution in [0.2, 0.25) is 0 Å². The molecule has 0 aromatic heterocycles. The largest absolute Gasteiger partial charge is 0.258 e. The fraction of sp³-hybridized carbons (Fsp3) is 0.800. The molecule has 0 saturated carbocycles. The van der Waals surface area contributed by atoms with Crippen LogP contribution in [0.1, 0.15) is 13.8 Å². The third-order valence-electron chi connectivity index (χ3n) is 2.88. The second kappa shape index (κ2) is 6.61. The quantitative estimate of drug-likeness (QED) is 0.577. The van der Waals surface area contributed by atoms with E-state index < -0.39 is 21.6 Å². The third-order valence-corrected chi connectivity index (χ3v) is 10.6. The van der Waals surface area contributed by atoms with Crippen molar-refractivity contribution in [2.75, 3.05) is 12.0 Å². The summed E-state index contributed by atoms with van der Waals surface area (Å²) in [5.41, 5.74) is 0. The van der Waals surface area contributed by atoms with E-state index in [9.17, 15) is 8.42 Å². The first-order chi connectivity index (χ1) is 7.54. The van der Waals surface area contributed by atoms with Gasteiger partial charge in [0.15, 0.2) is 0 Å². The van der Waals surface area contributed by atoms with Crippen molar-refractivity contribution in [3.05, 3.63) is 12.7 Å². The minimum atomic E-state index is -1.04. The average Bonchev–Trinajstić information content (AvgIpc) is 2.44. The first-order valence-corrected chi connectivity index (χ1v) is 10.4. The summed E-state index contributed by atoms with van der Waals surface area (Å²) in [5.74, 6) is 1.06. The topological polar surface area (TPSA) is 34.1 Å². The predicted octanol–water partition coefficient (Wildman–Crippen LogP) is 2.62. The van der Waals surface area contributed by atoms with Crippen molar-refractivity contribution >= 4 is 43.2 Å². The van der Waals surface area contributed by atoms with Gasteiger partial charge in [0.25, 0.3) is 0 Å². The van der Waals surface area contributed by atoms with E-state index in [0.717, 1.165) is 0 Å². The molecule has 0 radical (unpaired) electrons. The Morgan fingerprint density at radius 1 is 1.44 bits per heavy atom. The van der Waals surface area contributed by atoms with Crippen LogP contribution in [0.3, 0.4) is 0 Å². The van der Waals surface area contributed by atoms with E-state index in [-0.39, 0.29) is 15.1 Å². The van der Waals surface area contributed by atoms with Gasteiger partial charge in [-0.25, -0.2) is 0 Å². The summed E-state index contributed by atoms with van der Waals surface area (Å²) in [5, 5.41) is 0. The van der Waals surface area contributed by atoms with E-state index in [1.807, 2.05) is 6.26 Å². The molecular weight excluding hydrogens is 280 g/mol. The highest BCUT2D eigenvalue weighted by molar-refractivity contribution is 8.78. The van der Waals surface area contributed by atoms with Gasteiger partial charge in [0.05, 0.1) is 15.4 Å².